The van der Waals surface area contributed by atoms with Crippen LogP contribution in [0, 0.1) is 27.1 Å². The van der Waals surface area contributed by atoms with Gasteiger partial charge in [0.25, 0.3) is 0 Å². The van der Waals surface area contributed by atoms with E-state index in [0.717, 1.165) is 0 Å². The summed E-state index contributed by atoms with van der Waals surface area (Å²) < 4.78 is 28.9. The summed E-state index contributed by atoms with van der Waals surface area (Å²) in [6.07, 6.45) is -10.1. The van der Waals surface area contributed by atoms with E-state index in [4.69, 9.17) is 23.7 Å². The number of carbonyl (C=O) groups is 5. The number of carbonyl (C=O) groups excluding carboxylic acids is 5. The van der Waals surface area contributed by atoms with Gasteiger partial charge in [-0.05, 0) is 104 Å². The van der Waals surface area contributed by atoms with Gasteiger partial charge in [-0.25, -0.2) is 0 Å². The molecule has 0 amide bonds. The van der Waals surface area contributed by atoms with Crippen molar-refractivity contribution in [2.24, 2.45) is 27.1 Å². The molecule has 0 spiro atoms. The maximum Gasteiger partial charge on any atom is 0.311 e. The molecule has 0 aliphatic heterocycles. The smallest absolute Gasteiger partial charge is 0.311 e. The van der Waals surface area contributed by atoms with Crippen LogP contribution in [0.5, 0.6) is 0 Å². The van der Waals surface area contributed by atoms with E-state index < -0.39 is 93.5 Å². The molecule has 1 rings (SSSR count). The van der Waals surface area contributed by atoms with Crippen LogP contribution in [0.25, 0.3) is 0 Å². The number of ether oxygens (including phenoxy) is 5. The van der Waals surface area contributed by atoms with Gasteiger partial charge in [-0.2, -0.15) is 0 Å². The summed E-state index contributed by atoms with van der Waals surface area (Å²) >= 11 is 0. The minimum atomic E-state index is -1.84. The van der Waals surface area contributed by atoms with Crippen LogP contribution in [-0.2, 0) is 47.7 Å². The summed E-state index contributed by atoms with van der Waals surface area (Å²) in [5, 5.41) is 11.7. The zero-order valence-corrected chi connectivity index (χ0v) is 28.0. The van der Waals surface area contributed by atoms with Crippen LogP contribution in [0.3, 0.4) is 0 Å². The summed E-state index contributed by atoms with van der Waals surface area (Å²) in [6.45, 7) is 23.8. The van der Waals surface area contributed by atoms with Crippen molar-refractivity contribution < 1.29 is 52.8 Å². The molecule has 2 unspecified atom stereocenters. The van der Waals surface area contributed by atoms with Crippen LogP contribution in [0.4, 0.5) is 0 Å². The van der Waals surface area contributed by atoms with Gasteiger partial charge in [0.2, 0.25) is 0 Å². The standard InChI is InChI=1S/C31H52O11/c1-27(2,3)22(33)38-17-16(32)18(39-23(34)28(4,5)6)20(41-25(36)30(10,11)12)21(42-26(37)31(13,14)15)19(17)40-24(35)29(7,8)9/h16-21,32H,1-15H3/t16?,17-,18+,19-,20-,21?/m0/s1. The number of esters is 5. The van der Waals surface area contributed by atoms with Crippen molar-refractivity contribution in [3.05, 3.63) is 0 Å². The highest BCUT2D eigenvalue weighted by Gasteiger charge is 2.61. The number of aliphatic hydroxyl groups excluding tert-OH is 1. The predicted octanol–water partition coefficient (Wildman–Crippen LogP) is 4.15. The van der Waals surface area contributed by atoms with Crippen LogP contribution in [0.15, 0.2) is 0 Å². The van der Waals surface area contributed by atoms with Gasteiger partial charge >= 0.3 is 29.8 Å². The normalized spacial score (nSPS) is 25.6. The Hall–Kier alpha value is -2.69. The molecule has 1 N–H and O–H groups in total. The maximum atomic E-state index is 13.3. The fourth-order valence-electron chi connectivity index (χ4n) is 3.31. The van der Waals surface area contributed by atoms with E-state index in [1.807, 2.05) is 0 Å². The Morgan fingerprint density at radius 1 is 0.357 bits per heavy atom. The SMILES string of the molecule is CC(C)(C)C(=O)OC1[C@@H](OC(=O)C(C)(C)C)[C@H](OC(=O)C(C)(C)C)C(O)[C@H](OC(=O)C(C)(C)C)[C@@H]1OC(=O)C(C)(C)C. The van der Waals surface area contributed by atoms with Crippen LogP contribution in [0.2, 0.25) is 0 Å². The van der Waals surface area contributed by atoms with Crippen molar-refractivity contribution in [3.63, 3.8) is 0 Å². The Morgan fingerprint density at radius 3 is 0.667 bits per heavy atom. The first-order chi connectivity index (χ1) is 18.5. The molecule has 0 bridgehead atoms. The second-order valence-electron chi connectivity index (χ2n) is 16.1. The maximum absolute atomic E-state index is 13.3. The molecule has 0 aromatic carbocycles. The van der Waals surface area contributed by atoms with Gasteiger partial charge in [-0.1, -0.05) is 0 Å². The highest BCUT2D eigenvalue weighted by Crippen LogP contribution is 2.37. The van der Waals surface area contributed by atoms with Crippen LogP contribution in [-0.4, -0.2) is 71.6 Å². The summed E-state index contributed by atoms with van der Waals surface area (Å²) in [7, 11) is 0. The van der Waals surface area contributed by atoms with Gasteiger partial charge in [-0.15, -0.1) is 0 Å². The van der Waals surface area contributed by atoms with E-state index in [9.17, 15) is 29.1 Å². The minimum absolute atomic E-state index is 0.764. The van der Waals surface area contributed by atoms with Gasteiger partial charge in [0.15, 0.2) is 30.5 Å². The van der Waals surface area contributed by atoms with Gasteiger partial charge in [-0.3, -0.25) is 24.0 Å². The van der Waals surface area contributed by atoms with Crippen LogP contribution in [0.1, 0.15) is 104 Å². The monoisotopic (exact) mass is 600 g/mol. The van der Waals surface area contributed by atoms with Gasteiger partial charge in [0.1, 0.15) is 6.10 Å². The molecular formula is C31H52O11. The average molecular weight is 601 g/mol. The van der Waals surface area contributed by atoms with E-state index in [0.29, 0.717) is 0 Å². The van der Waals surface area contributed by atoms with Crippen molar-refractivity contribution >= 4 is 29.8 Å². The Bertz CT molecular complexity index is 958. The first-order valence-corrected chi connectivity index (χ1v) is 14.2. The predicted molar refractivity (Wildman–Crippen MR) is 153 cm³/mol. The highest BCUT2D eigenvalue weighted by molar-refractivity contribution is 5.79. The number of hydrogen-bond donors (Lipinski definition) is 1. The Kier molecular flexibility index (Phi) is 11.1. The molecule has 0 aromatic rings. The lowest BCUT2D eigenvalue weighted by Gasteiger charge is -2.48. The molecule has 42 heavy (non-hydrogen) atoms. The topological polar surface area (TPSA) is 152 Å². The Balaban J connectivity index is 4.00. The van der Waals surface area contributed by atoms with Gasteiger partial charge in [0.05, 0.1) is 27.1 Å². The number of aliphatic hydroxyl groups is 1. The molecule has 11 heteroatoms. The van der Waals surface area contributed by atoms with Gasteiger partial charge in [0, 0.05) is 0 Å². The van der Waals surface area contributed by atoms with E-state index in [2.05, 4.69) is 0 Å². The first-order valence-electron chi connectivity index (χ1n) is 14.2. The van der Waals surface area contributed by atoms with E-state index in [-0.39, 0.29) is 0 Å². The molecule has 1 fully saturated rings. The second-order valence-corrected chi connectivity index (χ2v) is 16.1. The zero-order chi connectivity index (χ0) is 33.4. The lowest BCUT2D eigenvalue weighted by molar-refractivity contribution is -0.264. The third kappa shape index (κ3) is 9.67. The van der Waals surface area contributed by atoms with Crippen molar-refractivity contribution in [2.45, 2.75) is 140 Å². The molecule has 6 atom stereocenters. The summed E-state index contributed by atoms with van der Waals surface area (Å²) in [5.74, 6) is -3.83. The Morgan fingerprint density at radius 2 is 0.500 bits per heavy atom. The average Bonchev–Trinajstić information content (AvgIpc) is 2.77. The number of hydrogen-bond acceptors (Lipinski definition) is 11. The molecule has 1 aliphatic carbocycles. The summed E-state index contributed by atoms with van der Waals surface area (Å²) in [5.41, 5.74) is -5.29. The molecule has 1 saturated carbocycles. The third-order valence-corrected chi connectivity index (χ3v) is 6.25. The lowest BCUT2D eigenvalue weighted by Crippen LogP contribution is -2.69. The molecule has 0 saturated heterocycles. The molecule has 0 heterocycles. The highest BCUT2D eigenvalue weighted by atomic mass is 16.7. The lowest BCUT2D eigenvalue weighted by atomic mass is 9.82. The number of rotatable bonds is 5. The third-order valence-electron chi connectivity index (χ3n) is 6.25. The zero-order valence-electron chi connectivity index (χ0n) is 28.0. The fourth-order valence-corrected chi connectivity index (χ4v) is 3.31. The Labute approximate surface area is 250 Å². The molecular weight excluding hydrogens is 548 g/mol. The van der Waals surface area contributed by atoms with Crippen molar-refractivity contribution in [1.82, 2.24) is 0 Å². The molecule has 0 aromatic heterocycles. The molecule has 11 nitrogen and oxygen atoms in total. The van der Waals surface area contributed by atoms with E-state index in [1.165, 1.54) is 0 Å². The molecule has 1 aliphatic rings. The van der Waals surface area contributed by atoms with Crippen molar-refractivity contribution in [2.75, 3.05) is 0 Å². The first kappa shape index (κ1) is 37.3. The minimum Gasteiger partial charge on any atom is -0.455 e. The van der Waals surface area contributed by atoms with E-state index in [1.54, 1.807) is 104 Å². The summed E-state index contributed by atoms with van der Waals surface area (Å²) in [6, 6.07) is 0. The summed E-state index contributed by atoms with van der Waals surface area (Å²) in [4.78, 5) is 65.9. The van der Waals surface area contributed by atoms with Gasteiger partial charge < -0.3 is 28.8 Å². The molecule has 0 radical (unpaired) electrons. The van der Waals surface area contributed by atoms with Crippen LogP contribution >= 0.6 is 0 Å². The quantitative estimate of drug-likeness (QED) is 0.358. The van der Waals surface area contributed by atoms with Crippen LogP contribution < -0.4 is 0 Å². The van der Waals surface area contributed by atoms with Crippen molar-refractivity contribution in [1.29, 1.82) is 0 Å². The molecule has 242 valence electrons. The van der Waals surface area contributed by atoms with E-state index >= 15 is 0 Å². The second kappa shape index (κ2) is 12.5. The van der Waals surface area contributed by atoms with Crippen molar-refractivity contribution in [3.8, 4) is 0 Å². The largest absolute Gasteiger partial charge is 0.455 e. The fraction of sp³-hybridized carbons (Fsp3) is 0.839.